The van der Waals surface area contributed by atoms with Gasteiger partial charge in [-0.25, -0.2) is 4.68 Å². The number of aromatic nitrogens is 3. The Labute approximate surface area is 163 Å². The van der Waals surface area contributed by atoms with E-state index >= 15 is 0 Å². The van der Waals surface area contributed by atoms with Crippen molar-refractivity contribution in [1.82, 2.24) is 14.8 Å². The summed E-state index contributed by atoms with van der Waals surface area (Å²) in [6.45, 7) is 2.61. The molecule has 1 N–H and O–H groups in total. The lowest BCUT2D eigenvalue weighted by Crippen LogP contribution is -2.20. The fraction of sp³-hybridized carbons (Fsp3) is 0.238. The molecule has 0 unspecified atom stereocenters. The van der Waals surface area contributed by atoms with Gasteiger partial charge in [0.15, 0.2) is 0 Å². The van der Waals surface area contributed by atoms with Crippen LogP contribution in [0, 0.1) is 0 Å². The van der Waals surface area contributed by atoms with E-state index in [4.69, 9.17) is 14.2 Å². The van der Waals surface area contributed by atoms with Gasteiger partial charge in [0.2, 0.25) is 5.95 Å². The van der Waals surface area contributed by atoms with Gasteiger partial charge in [-0.2, -0.15) is 10.1 Å². The lowest BCUT2D eigenvalue weighted by molar-refractivity contribution is 0.340. The molecule has 7 nitrogen and oxygen atoms in total. The smallest absolute Gasteiger partial charge is 0.226 e. The number of rotatable bonds is 6. The predicted molar refractivity (Wildman–Crippen MR) is 107 cm³/mol. The van der Waals surface area contributed by atoms with Crippen LogP contribution in [-0.4, -0.2) is 35.6 Å². The number of nitrogens with zero attached hydrogens (tertiary/aromatic N) is 3. The van der Waals surface area contributed by atoms with Crippen molar-refractivity contribution < 1.29 is 14.2 Å². The van der Waals surface area contributed by atoms with Crippen molar-refractivity contribution in [2.75, 3.05) is 26.1 Å². The third-order valence-corrected chi connectivity index (χ3v) is 4.64. The van der Waals surface area contributed by atoms with E-state index in [1.54, 1.807) is 20.5 Å². The Morgan fingerprint density at radius 1 is 1.04 bits per heavy atom. The van der Waals surface area contributed by atoms with E-state index < -0.39 is 0 Å². The van der Waals surface area contributed by atoms with E-state index in [2.05, 4.69) is 21.5 Å². The van der Waals surface area contributed by atoms with E-state index in [-0.39, 0.29) is 6.04 Å². The fourth-order valence-electron chi connectivity index (χ4n) is 3.28. The molecule has 1 aromatic heterocycles. The highest BCUT2D eigenvalue weighted by Crippen LogP contribution is 2.36. The molecule has 7 heteroatoms. The average molecular weight is 378 g/mol. The predicted octanol–water partition coefficient (Wildman–Crippen LogP) is 3.75. The maximum absolute atomic E-state index is 5.57. The molecular formula is C21H22N4O3. The van der Waals surface area contributed by atoms with Crippen LogP contribution in [0.25, 0.3) is 5.70 Å². The first-order valence-electron chi connectivity index (χ1n) is 9.07. The number of anilines is 1. The molecule has 0 radical (unpaired) electrons. The minimum Gasteiger partial charge on any atom is -0.497 e. The van der Waals surface area contributed by atoms with Gasteiger partial charge in [-0.05, 0) is 42.8 Å². The molecule has 0 saturated carbocycles. The van der Waals surface area contributed by atoms with Crippen molar-refractivity contribution in [3.8, 4) is 17.2 Å². The standard InChI is InChI=1S/C21H22N4O3/c1-4-28-15-7-5-14(6-8-15)19-12-18(24-21-22-13-23-25(19)21)17-10-9-16(26-2)11-20(17)27-3/h5-13,19H,4H2,1-3H3,(H,22,23,24)/t19-/m0/s1. The maximum Gasteiger partial charge on any atom is 0.226 e. The lowest BCUT2D eigenvalue weighted by Gasteiger charge is -2.25. The number of benzene rings is 2. The molecule has 2 aromatic carbocycles. The molecule has 144 valence electrons. The topological polar surface area (TPSA) is 70.4 Å². The Morgan fingerprint density at radius 3 is 2.54 bits per heavy atom. The molecule has 3 aromatic rings. The highest BCUT2D eigenvalue weighted by molar-refractivity contribution is 5.80. The summed E-state index contributed by atoms with van der Waals surface area (Å²) in [5.41, 5.74) is 2.91. The number of allylic oxidation sites excluding steroid dienone is 1. The third kappa shape index (κ3) is 3.26. The molecule has 1 aliphatic heterocycles. The van der Waals surface area contributed by atoms with Crippen LogP contribution < -0.4 is 19.5 Å². The summed E-state index contributed by atoms with van der Waals surface area (Å²) in [6.07, 6.45) is 3.66. The van der Waals surface area contributed by atoms with Gasteiger partial charge in [0.05, 0.1) is 26.5 Å². The molecule has 0 bridgehead atoms. The lowest BCUT2D eigenvalue weighted by atomic mass is 10.0. The highest BCUT2D eigenvalue weighted by atomic mass is 16.5. The Bertz CT molecular complexity index is 995. The second-order valence-electron chi connectivity index (χ2n) is 6.25. The summed E-state index contributed by atoms with van der Waals surface area (Å²) >= 11 is 0. The van der Waals surface area contributed by atoms with Gasteiger partial charge in [-0.3, -0.25) is 0 Å². The number of methoxy groups -OCH3 is 2. The van der Waals surface area contributed by atoms with E-state index in [1.807, 2.05) is 54.1 Å². The maximum atomic E-state index is 5.57. The van der Waals surface area contributed by atoms with Gasteiger partial charge in [-0.15, -0.1) is 0 Å². The molecule has 0 amide bonds. The van der Waals surface area contributed by atoms with Crippen molar-refractivity contribution in [3.63, 3.8) is 0 Å². The molecule has 2 heterocycles. The van der Waals surface area contributed by atoms with Crippen LogP contribution in [0.3, 0.4) is 0 Å². The third-order valence-electron chi connectivity index (χ3n) is 4.64. The molecule has 28 heavy (non-hydrogen) atoms. The summed E-state index contributed by atoms with van der Waals surface area (Å²) in [7, 11) is 3.28. The highest BCUT2D eigenvalue weighted by Gasteiger charge is 2.25. The second-order valence-corrected chi connectivity index (χ2v) is 6.25. The van der Waals surface area contributed by atoms with Crippen molar-refractivity contribution in [2.24, 2.45) is 0 Å². The largest absolute Gasteiger partial charge is 0.497 e. The van der Waals surface area contributed by atoms with Gasteiger partial charge in [0.25, 0.3) is 0 Å². The van der Waals surface area contributed by atoms with E-state index in [9.17, 15) is 0 Å². The van der Waals surface area contributed by atoms with E-state index in [0.29, 0.717) is 12.6 Å². The van der Waals surface area contributed by atoms with Crippen LogP contribution in [0.4, 0.5) is 5.95 Å². The van der Waals surface area contributed by atoms with Gasteiger partial charge in [0.1, 0.15) is 29.6 Å². The molecule has 0 fully saturated rings. The molecule has 1 aliphatic rings. The fourth-order valence-corrected chi connectivity index (χ4v) is 3.28. The first kappa shape index (κ1) is 17.9. The van der Waals surface area contributed by atoms with Gasteiger partial charge in [-0.1, -0.05) is 12.1 Å². The summed E-state index contributed by atoms with van der Waals surface area (Å²) in [5, 5.41) is 7.73. The Morgan fingerprint density at radius 2 is 1.82 bits per heavy atom. The van der Waals surface area contributed by atoms with Crippen molar-refractivity contribution in [1.29, 1.82) is 0 Å². The van der Waals surface area contributed by atoms with E-state index in [0.717, 1.165) is 34.1 Å². The number of nitrogens with one attached hydrogen (secondary N) is 1. The summed E-state index contributed by atoms with van der Waals surface area (Å²) < 4.78 is 18.3. The monoisotopic (exact) mass is 378 g/mol. The van der Waals surface area contributed by atoms with Crippen LogP contribution >= 0.6 is 0 Å². The van der Waals surface area contributed by atoms with Crippen molar-refractivity contribution >= 4 is 11.6 Å². The number of hydrogen-bond acceptors (Lipinski definition) is 6. The molecule has 1 atom stereocenters. The van der Waals surface area contributed by atoms with E-state index in [1.165, 1.54) is 0 Å². The molecule has 0 spiro atoms. The Hall–Kier alpha value is -3.48. The SMILES string of the molecule is CCOc1ccc([C@@H]2C=C(c3ccc(OC)cc3OC)Nc3ncnn32)cc1. The van der Waals surface area contributed by atoms with Gasteiger partial charge < -0.3 is 19.5 Å². The van der Waals surface area contributed by atoms with Crippen LogP contribution in [0.1, 0.15) is 24.1 Å². The Kier molecular flexibility index (Phi) is 4.89. The number of ether oxygens (including phenoxy) is 3. The summed E-state index contributed by atoms with van der Waals surface area (Å²) in [6, 6.07) is 13.7. The molecule has 0 aliphatic carbocycles. The average Bonchev–Trinajstić information content (AvgIpc) is 3.22. The van der Waals surface area contributed by atoms with Crippen LogP contribution in [0.2, 0.25) is 0 Å². The molecular weight excluding hydrogens is 356 g/mol. The summed E-state index contributed by atoms with van der Waals surface area (Å²) in [4.78, 5) is 4.35. The summed E-state index contributed by atoms with van der Waals surface area (Å²) in [5.74, 6) is 2.98. The Balaban J connectivity index is 1.75. The minimum atomic E-state index is -0.101. The normalized spacial score (nSPS) is 15.2. The quantitative estimate of drug-likeness (QED) is 0.704. The van der Waals surface area contributed by atoms with Crippen molar-refractivity contribution in [2.45, 2.75) is 13.0 Å². The van der Waals surface area contributed by atoms with Crippen LogP contribution in [-0.2, 0) is 0 Å². The molecule has 4 rings (SSSR count). The zero-order chi connectivity index (χ0) is 19.5. The van der Waals surface area contributed by atoms with Gasteiger partial charge in [0, 0.05) is 11.6 Å². The molecule has 0 saturated heterocycles. The minimum absolute atomic E-state index is 0.101. The first-order chi connectivity index (χ1) is 13.7. The zero-order valence-electron chi connectivity index (χ0n) is 16.0. The number of hydrogen-bond donors (Lipinski definition) is 1. The first-order valence-corrected chi connectivity index (χ1v) is 9.07. The van der Waals surface area contributed by atoms with Crippen LogP contribution in [0.5, 0.6) is 17.2 Å². The second kappa shape index (κ2) is 7.64. The van der Waals surface area contributed by atoms with Crippen LogP contribution in [0.15, 0.2) is 54.9 Å². The van der Waals surface area contributed by atoms with Crippen molar-refractivity contribution in [3.05, 3.63) is 66.0 Å². The zero-order valence-corrected chi connectivity index (χ0v) is 16.0. The number of fused-ring (bicyclic) bond motifs is 1. The van der Waals surface area contributed by atoms with Gasteiger partial charge >= 0.3 is 0 Å².